The fourth-order valence-electron chi connectivity index (χ4n) is 1.23. The molecule has 5 nitrogen and oxygen atoms in total. The maximum absolute atomic E-state index is 11.1. The first kappa shape index (κ1) is 14.2. The van der Waals surface area contributed by atoms with E-state index in [0.717, 1.165) is 6.26 Å². The van der Waals surface area contributed by atoms with Crippen molar-refractivity contribution in [3.8, 4) is 0 Å². The van der Waals surface area contributed by atoms with Gasteiger partial charge in [0, 0.05) is 3.57 Å². The van der Waals surface area contributed by atoms with Crippen LogP contribution in [0.3, 0.4) is 0 Å². The number of aliphatic carboxylic acids is 1. The fraction of sp³-hybridized carbons (Fsp3) is 0.300. The predicted octanol–water partition coefficient (Wildman–Crippen LogP) is 1.85. The Hall–Kier alpha value is -0.830. The van der Waals surface area contributed by atoms with E-state index in [2.05, 4.69) is 4.72 Å². The molecule has 0 aromatic heterocycles. The van der Waals surface area contributed by atoms with Crippen molar-refractivity contribution < 1.29 is 18.3 Å². The molecule has 0 aliphatic carbocycles. The third-order valence-electron chi connectivity index (χ3n) is 2.16. The number of carboxylic acids is 1. The van der Waals surface area contributed by atoms with Gasteiger partial charge in [0.25, 0.3) is 0 Å². The van der Waals surface area contributed by atoms with E-state index < -0.39 is 21.9 Å². The summed E-state index contributed by atoms with van der Waals surface area (Å²) in [6, 6.07) is 4.83. The van der Waals surface area contributed by atoms with Gasteiger partial charge in [-0.05, 0) is 47.2 Å². The number of benzene rings is 1. The number of hydrogen-bond acceptors (Lipinski definition) is 3. The van der Waals surface area contributed by atoms with Gasteiger partial charge >= 0.3 is 5.97 Å². The molecule has 1 aromatic rings. The summed E-state index contributed by atoms with van der Waals surface area (Å²) in [5.41, 5.74) is 1.09. The van der Waals surface area contributed by atoms with Gasteiger partial charge in [0.2, 0.25) is 10.0 Å². The van der Waals surface area contributed by atoms with Crippen molar-refractivity contribution in [1.29, 1.82) is 0 Å². The first-order valence-corrected chi connectivity index (χ1v) is 7.68. The SMILES string of the molecule is CC(C(=O)O)c1ccc(NS(C)(=O)=O)c(I)c1. The summed E-state index contributed by atoms with van der Waals surface area (Å²) in [6.45, 7) is 1.58. The van der Waals surface area contributed by atoms with E-state index in [9.17, 15) is 13.2 Å². The highest BCUT2D eigenvalue weighted by Gasteiger charge is 2.15. The minimum atomic E-state index is -3.32. The Labute approximate surface area is 113 Å². The van der Waals surface area contributed by atoms with Gasteiger partial charge in [0.15, 0.2) is 0 Å². The van der Waals surface area contributed by atoms with Crippen molar-refractivity contribution in [2.45, 2.75) is 12.8 Å². The van der Waals surface area contributed by atoms with Gasteiger partial charge in [0.1, 0.15) is 0 Å². The van der Waals surface area contributed by atoms with Crippen molar-refractivity contribution >= 4 is 44.3 Å². The zero-order valence-electron chi connectivity index (χ0n) is 9.27. The maximum atomic E-state index is 11.1. The predicted molar refractivity (Wildman–Crippen MR) is 73.7 cm³/mol. The van der Waals surface area contributed by atoms with Crippen LogP contribution < -0.4 is 4.72 Å². The van der Waals surface area contributed by atoms with Crippen LogP contribution in [0.5, 0.6) is 0 Å². The second kappa shape index (κ2) is 5.21. The fourth-order valence-corrected chi connectivity index (χ4v) is 2.66. The Morgan fingerprint density at radius 2 is 2.06 bits per heavy atom. The van der Waals surface area contributed by atoms with E-state index in [-0.39, 0.29) is 0 Å². The second-order valence-electron chi connectivity index (χ2n) is 3.67. The average molecular weight is 369 g/mol. The number of nitrogens with one attached hydrogen (secondary N) is 1. The molecule has 1 unspecified atom stereocenters. The third kappa shape index (κ3) is 4.15. The quantitative estimate of drug-likeness (QED) is 0.794. The molecule has 0 spiro atoms. The van der Waals surface area contributed by atoms with Crippen LogP contribution in [0, 0.1) is 3.57 Å². The lowest BCUT2D eigenvalue weighted by Gasteiger charge is -2.11. The summed E-state index contributed by atoms with van der Waals surface area (Å²) in [4.78, 5) is 10.8. The molecular weight excluding hydrogens is 357 g/mol. The van der Waals surface area contributed by atoms with E-state index in [1.54, 1.807) is 25.1 Å². The van der Waals surface area contributed by atoms with Crippen molar-refractivity contribution in [2.75, 3.05) is 11.0 Å². The summed E-state index contributed by atoms with van der Waals surface area (Å²) in [5.74, 6) is -1.53. The van der Waals surface area contributed by atoms with Gasteiger partial charge in [-0.25, -0.2) is 8.42 Å². The van der Waals surface area contributed by atoms with E-state index in [1.807, 2.05) is 22.6 Å². The van der Waals surface area contributed by atoms with Crippen LogP contribution >= 0.6 is 22.6 Å². The zero-order chi connectivity index (χ0) is 13.2. The summed E-state index contributed by atoms with van der Waals surface area (Å²) < 4.78 is 25.2. The van der Waals surface area contributed by atoms with Crippen molar-refractivity contribution in [3.63, 3.8) is 0 Å². The largest absolute Gasteiger partial charge is 0.481 e. The Morgan fingerprint density at radius 1 is 1.47 bits per heavy atom. The van der Waals surface area contributed by atoms with E-state index in [4.69, 9.17) is 5.11 Å². The molecule has 0 bridgehead atoms. The smallest absolute Gasteiger partial charge is 0.310 e. The summed E-state index contributed by atoms with van der Waals surface area (Å²) in [6.07, 6.45) is 1.07. The molecule has 1 rings (SSSR count). The van der Waals surface area contributed by atoms with Crippen LogP contribution in [0.15, 0.2) is 18.2 Å². The lowest BCUT2D eigenvalue weighted by atomic mass is 10.0. The molecule has 0 amide bonds. The highest BCUT2D eigenvalue weighted by Crippen LogP contribution is 2.24. The molecular formula is C10H12INO4S. The van der Waals surface area contributed by atoms with Gasteiger partial charge in [-0.15, -0.1) is 0 Å². The zero-order valence-corrected chi connectivity index (χ0v) is 12.2. The molecule has 0 radical (unpaired) electrons. The number of carboxylic acid groups (broad SMARTS) is 1. The highest BCUT2D eigenvalue weighted by molar-refractivity contribution is 14.1. The van der Waals surface area contributed by atoms with E-state index >= 15 is 0 Å². The number of carbonyl (C=O) groups is 1. The van der Waals surface area contributed by atoms with Crippen molar-refractivity contribution in [2.24, 2.45) is 0 Å². The minimum Gasteiger partial charge on any atom is -0.481 e. The van der Waals surface area contributed by atoms with E-state index in [0.29, 0.717) is 14.8 Å². The third-order valence-corrected chi connectivity index (χ3v) is 3.64. The van der Waals surface area contributed by atoms with Crippen LogP contribution in [-0.2, 0) is 14.8 Å². The Kier molecular flexibility index (Phi) is 4.36. The summed E-state index contributed by atoms with van der Waals surface area (Å²) >= 11 is 1.96. The molecule has 0 saturated heterocycles. The average Bonchev–Trinajstić information content (AvgIpc) is 2.18. The van der Waals surface area contributed by atoms with Gasteiger partial charge in [-0.1, -0.05) is 6.07 Å². The molecule has 2 N–H and O–H groups in total. The van der Waals surface area contributed by atoms with Gasteiger partial charge in [-0.2, -0.15) is 0 Å². The van der Waals surface area contributed by atoms with Crippen LogP contribution in [0.4, 0.5) is 5.69 Å². The normalized spacial score (nSPS) is 13.1. The molecule has 7 heteroatoms. The molecule has 0 heterocycles. The molecule has 1 atom stereocenters. The topological polar surface area (TPSA) is 83.5 Å². The Balaban J connectivity index is 3.06. The van der Waals surface area contributed by atoms with Gasteiger partial charge in [0.05, 0.1) is 17.9 Å². The van der Waals surface area contributed by atoms with E-state index in [1.165, 1.54) is 0 Å². The number of halogens is 1. The van der Waals surface area contributed by atoms with Crippen molar-refractivity contribution in [3.05, 3.63) is 27.3 Å². The molecule has 0 fully saturated rings. The molecule has 0 aliphatic heterocycles. The number of sulfonamides is 1. The van der Waals surface area contributed by atoms with Gasteiger partial charge < -0.3 is 5.11 Å². The Bertz CT molecular complexity index is 541. The standard InChI is InChI=1S/C10H12INO4S/c1-6(10(13)14)7-3-4-9(8(11)5-7)12-17(2,15)16/h3-6,12H,1-2H3,(H,13,14). The number of anilines is 1. The number of hydrogen-bond donors (Lipinski definition) is 2. The lowest BCUT2D eigenvalue weighted by Crippen LogP contribution is -2.12. The summed E-state index contributed by atoms with van der Waals surface area (Å²) in [5, 5.41) is 8.87. The first-order valence-electron chi connectivity index (χ1n) is 4.71. The minimum absolute atomic E-state index is 0.453. The van der Waals surface area contributed by atoms with Crippen LogP contribution in [-0.4, -0.2) is 25.7 Å². The Morgan fingerprint density at radius 3 is 2.47 bits per heavy atom. The van der Waals surface area contributed by atoms with Crippen LogP contribution in [0.1, 0.15) is 18.4 Å². The second-order valence-corrected chi connectivity index (χ2v) is 6.58. The molecule has 94 valence electrons. The maximum Gasteiger partial charge on any atom is 0.310 e. The van der Waals surface area contributed by atoms with Crippen LogP contribution in [0.2, 0.25) is 0 Å². The first-order chi connectivity index (χ1) is 7.70. The number of rotatable bonds is 4. The molecule has 1 aromatic carbocycles. The van der Waals surface area contributed by atoms with Crippen LogP contribution in [0.25, 0.3) is 0 Å². The van der Waals surface area contributed by atoms with Crippen molar-refractivity contribution in [1.82, 2.24) is 0 Å². The highest BCUT2D eigenvalue weighted by atomic mass is 127. The van der Waals surface area contributed by atoms with Gasteiger partial charge in [-0.3, -0.25) is 9.52 Å². The monoisotopic (exact) mass is 369 g/mol. The summed E-state index contributed by atoms with van der Waals surface area (Å²) in [7, 11) is -3.32. The molecule has 17 heavy (non-hydrogen) atoms. The molecule has 0 aliphatic rings. The molecule has 0 saturated carbocycles. The lowest BCUT2D eigenvalue weighted by molar-refractivity contribution is -0.138.